The Morgan fingerprint density at radius 3 is 2.81 bits per heavy atom. The van der Waals surface area contributed by atoms with Crippen LogP contribution in [-0.2, 0) is 17.6 Å². The van der Waals surface area contributed by atoms with Crippen molar-refractivity contribution in [2.75, 3.05) is 12.9 Å². The summed E-state index contributed by atoms with van der Waals surface area (Å²) < 4.78 is 6.77. The van der Waals surface area contributed by atoms with Crippen LogP contribution in [0.3, 0.4) is 0 Å². The maximum absolute atomic E-state index is 13.3. The van der Waals surface area contributed by atoms with Crippen LogP contribution in [-0.4, -0.2) is 28.3 Å². The summed E-state index contributed by atoms with van der Waals surface area (Å²) in [5.74, 6) is 0.331. The molecule has 1 amide bonds. The summed E-state index contributed by atoms with van der Waals surface area (Å²) in [6.07, 6.45) is 3.00. The van der Waals surface area contributed by atoms with E-state index in [2.05, 4.69) is 0 Å². The van der Waals surface area contributed by atoms with Gasteiger partial charge in [-0.3, -0.25) is 14.2 Å². The number of carbonyl (C=O) groups excluding carboxylic acids is 1. The Labute approximate surface area is 158 Å². The number of aromatic nitrogens is 2. The third-order valence-electron chi connectivity index (χ3n) is 4.38. The molecule has 0 saturated carbocycles. The minimum atomic E-state index is -0.445. The standard InChI is InChI=1S/C18H17N3O3S2/c1-24-11-7-5-10(6-8-11)21-17(23)15-12-3-2-4-13(12)26-16(15)20-18(21)25-9-14(19)22/h5-8H,2-4,9H2,1H3,(H2,19,22). The molecule has 6 nitrogen and oxygen atoms in total. The van der Waals surface area contributed by atoms with Crippen LogP contribution in [0.15, 0.2) is 34.2 Å². The Morgan fingerprint density at radius 1 is 1.35 bits per heavy atom. The predicted molar refractivity (Wildman–Crippen MR) is 104 cm³/mol. The van der Waals surface area contributed by atoms with E-state index in [0.717, 1.165) is 29.7 Å². The highest BCUT2D eigenvalue weighted by Crippen LogP contribution is 2.36. The Kier molecular flexibility index (Phi) is 4.46. The van der Waals surface area contributed by atoms with E-state index in [1.807, 2.05) is 12.1 Å². The van der Waals surface area contributed by atoms with Crippen LogP contribution in [0, 0.1) is 0 Å². The molecule has 0 spiro atoms. The van der Waals surface area contributed by atoms with Crippen molar-refractivity contribution in [3.63, 3.8) is 0 Å². The highest BCUT2D eigenvalue weighted by atomic mass is 32.2. The van der Waals surface area contributed by atoms with Gasteiger partial charge in [-0.1, -0.05) is 11.8 Å². The molecule has 0 unspecified atom stereocenters. The second kappa shape index (κ2) is 6.77. The molecule has 1 aromatic carbocycles. The molecule has 134 valence electrons. The van der Waals surface area contributed by atoms with Crippen LogP contribution in [0.1, 0.15) is 16.9 Å². The maximum atomic E-state index is 13.3. The Morgan fingerprint density at radius 2 is 2.12 bits per heavy atom. The first-order chi connectivity index (χ1) is 12.6. The minimum Gasteiger partial charge on any atom is -0.497 e. The van der Waals surface area contributed by atoms with Crippen molar-refractivity contribution < 1.29 is 9.53 Å². The van der Waals surface area contributed by atoms with E-state index >= 15 is 0 Å². The second-order valence-corrected chi connectivity index (χ2v) is 8.05. The van der Waals surface area contributed by atoms with Gasteiger partial charge in [0, 0.05) is 4.88 Å². The Balaban J connectivity index is 1.94. The van der Waals surface area contributed by atoms with Crippen LogP contribution in [0.5, 0.6) is 5.75 Å². The molecule has 2 heterocycles. The Bertz CT molecular complexity index is 1050. The summed E-state index contributed by atoms with van der Waals surface area (Å²) >= 11 is 2.77. The average molecular weight is 387 g/mol. The third-order valence-corrected chi connectivity index (χ3v) is 6.53. The van der Waals surface area contributed by atoms with Crippen molar-refractivity contribution in [1.29, 1.82) is 0 Å². The molecule has 2 N–H and O–H groups in total. The number of hydrogen-bond donors (Lipinski definition) is 1. The van der Waals surface area contributed by atoms with Gasteiger partial charge < -0.3 is 10.5 Å². The van der Waals surface area contributed by atoms with Crippen LogP contribution < -0.4 is 16.0 Å². The molecule has 0 bridgehead atoms. The van der Waals surface area contributed by atoms with E-state index in [4.69, 9.17) is 15.5 Å². The van der Waals surface area contributed by atoms with E-state index in [-0.39, 0.29) is 11.3 Å². The van der Waals surface area contributed by atoms with Gasteiger partial charge in [0.2, 0.25) is 5.91 Å². The number of nitrogens with two attached hydrogens (primary N) is 1. The molecule has 0 saturated heterocycles. The number of ether oxygens (including phenoxy) is 1. The molecule has 0 aliphatic heterocycles. The number of hydrogen-bond acceptors (Lipinski definition) is 6. The lowest BCUT2D eigenvalue weighted by molar-refractivity contribution is -0.115. The summed E-state index contributed by atoms with van der Waals surface area (Å²) in [4.78, 5) is 31.3. The SMILES string of the molecule is COc1ccc(-n2c(SCC(N)=O)nc3sc4c(c3c2=O)CCC4)cc1. The monoisotopic (exact) mass is 387 g/mol. The van der Waals surface area contributed by atoms with Gasteiger partial charge in [0.1, 0.15) is 10.6 Å². The number of nitrogens with zero attached hydrogens (tertiary/aromatic N) is 2. The largest absolute Gasteiger partial charge is 0.497 e. The molecular weight excluding hydrogens is 370 g/mol. The molecule has 2 aromatic heterocycles. The summed E-state index contributed by atoms with van der Waals surface area (Å²) in [6, 6.07) is 7.22. The van der Waals surface area contributed by atoms with Crippen molar-refractivity contribution in [1.82, 2.24) is 9.55 Å². The molecule has 4 rings (SSSR count). The zero-order valence-corrected chi connectivity index (χ0v) is 15.8. The number of rotatable bonds is 5. The molecule has 0 fully saturated rings. The normalized spacial score (nSPS) is 13.1. The molecular formula is C18H17N3O3S2. The zero-order valence-electron chi connectivity index (χ0n) is 14.2. The van der Waals surface area contributed by atoms with E-state index in [9.17, 15) is 9.59 Å². The third kappa shape index (κ3) is 2.89. The first-order valence-corrected chi connectivity index (χ1v) is 10.0. The van der Waals surface area contributed by atoms with Crippen LogP contribution in [0.25, 0.3) is 15.9 Å². The summed E-state index contributed by atoms with van der Waals surface area (Å²) in [7, 11) is 1.59. The molecule has 26 heavy (non-hydrogen) atoms. The van der Waals surface area contributed by atoms with Crippen molar-refractivity contribution in [3.05, 3.63) is 45.1 Å². The summed E-state index contributed by atoms with van der Waals surface area (Å²) in [5, 5.41) is 1.19. The lowest BCUT2D eigenvalue weighted by atomic mass is 10.2. The number of carbonyl (C=O) groups is 1. The lowest BCUT2D eigenvalue weighted by Crippen LogP contribution is -2.23. The first-order valence-electron chi connectivity index (χ1n) is 8.21. The molecule has 3 aromatic rings. The van der Waals surface area contributed by atoms with Gasteiger partial charge in [0.15, 0.2) is 5.16 Å². The molecule has 0 radical (unpaired) electrons. The molecule has 1 aliphatic rings. The quantitative estimate of drug-likeness (QED) is 0.537. The number of methoxy groups -OCH3 is 1. The van der Waals surface area contributed by atoms with Crippen molar-refractivity contribution >= 4 is 39.2 Å². The maximum Gasteiger partial charge on any atom is 0.267 e. The van der Waals surface area contributed by atoms with Crippen LogP contribution >= 0.6 is 23.1 Å². The number of amides is 1. The highest BCUT2D eigenvalue weighted by Gasteiger charge is 2.24. The van der Waals surface area contributed by atoms with Gasteiger partial charge in [0.05, 0.1) is 23.9 Å². The smallest absolute Gasteiger partial charge is 0.267 e. The van der Waals surface area contributed by atoms with Crippen molar-refractivity contribution in [2.45, 2.75) is 24.4 Å². The fraction of sp³-hybridized carbons (Fsp3) is 0.278. The van der Waals surface area contributed by atoms with Crippen LogP contribution in [0.4, 0.5) is 0 Å². The summed E-state index contributed by atoms with van der Waals surface area (Å²) in [6.45, 7) is 0. The number of thioether (sulfide) groups is 1. The number of thiophene rings is 1. The molecule has 1 aliphatic carbocycles. The fourth-order valence-corrected chi connectivity index (χ4v) is 5.27. The summed E-state index contributed by atoms with van der Waals surface area (Å²) in [5.41, 5.74) is 7.02. The number of fused-ring (bicyclic) bond motifs is 3. The van der Waals surface area contributed by atoms with Gasteiger partial charge in [-0.25, -0.2) is 4.98 Å². The van der Waals surface area contributed by atoms with Gasteiger partial charge >= 0.3 is 0 Å². The average Bonchev–Trinajstić information content (AvgIpc) is 3.20. The molecule has 0 atom stereocenters. The van der Waals surface area contributed by atoms with Gasteiger partial charge in [-0.15, -0.1) is 11.3 Å². The number of aryl methyl sites for hydroxylation is 2. The topological polar surface area (TPSA) is 87.2 Å². The van der Waals surface area contributed by atoms with E-state index in [1.165, 1.54) is 16.6 Å². The first kappa shape index (κ1) is 17.1. The van der Waals surface area contributed by atoms with Gasteiger partial charge in [0.25, 0.3) is 5.56 Å². The van der Waals surface area contributed by atoms with E-state index in [1.54, 1.807) is 35.1 Å². The minimum absolute atomic E-state index is 0.0686. The number of primary amides is 1. The van der Waals surface area contributed by atoms with Gasteiger partial charge in [-0.2, -0.15) is 0 Å². The fourth-order valence-electron chi connectivity index (χ4n) is 3.22. The number of benzene rings is 1. The van der Waals surface area contributed by atoms with Crippen LogP contribution in [0.2, 0.25) is 0 Å². The van der Waals surface area contributed by atoms with Gasteiger partial charge in [-0.05, 0) is 49.1 Å². The highest BCUT2D eigenvalue weighted by molar-refractivity contribution is 7.99. The lowest BCUT2D eigenvalue weighted by Gasteiger charge is -2.12. The van der Waals surface area contributed by atoms with E-state index < -0.39 is 5.91 Å². The Hall–Kier alpha value is -2.32. The van der Waals surface area contributed by atoms with Crippen molar-refractivity contribution in [2.24, 2.45) is 5.73 Å². The van der Waals surface area contributed by atoms with E-state index in [0.29, 0.717) is 22.0 Å². The second-order valence-electron chi connectivity index (χ2n) is 6.03. The molecule has 8 heteroatoms. The van der Waals surface area contributed by atoms with Crippen molar-refractivity contribution in [3.8, 4) is 11.4 Å². The zero-order chi connectivity index (χ0) is 18.3. The predicted octanol–water partition coefficient (Wildman–Crippen LogP) is 2.52.